The highest BCUT2D eigenvalue weighted by Crippen LogP contribution is 2.39. The van der Waals surface area contributed by atoms with E-state index < -0.39 is 0 Å². The van der Waals surface area contributed by atoms with Gasteiger partial charge in [0.2, 0.25) is 0 Å². The van der Waals surface area contributed by atoms with E-state index in [9.17, 15) is 0 Å². The van der Waals surface area contributed by atoms with Crippen molar-refractivity contribution in [2.75, 3.05) is 0 Å². The lowest BCUT2D eigenvalue weighted by Gasteiger charge is -2.13. The normalized spacial score (nSPS) is 11.9. The topological polar surface area (TPSA) is 43.1 Å². The second kappa shape index (κ2) is 10.8. The fourth-order valence-corrected chi connectivity index (χ4v) is 8.04. The monoisotopic (exact) mass is 648 g/mol. The highest BCUT2D eigenvalue weighted by atomic mass is 15.1. The van der Waals surface area contributed by atoms with Crippen molar-refractivity contribution in [2.45, 2.75) is 0 Å². The number of hydrogen-bond donors (Lipinski definition) is 0. The van der Waals surface area contributed by atoms with Crippen LogP contribution in [-0.2, 0) is 0 Å². The molecule has 4 nitrogen and oxygen atoms in total. The Labute approximate surface area is 292 Å². The number of hydrogen-bond acceptors (Lipinski definition) is 3. The summed E-state index contributed by atoms with van der Waals surface area (Å²) < 4.78 is 2.18. The van der Waals surface area contributed by atoms with Crippen molar-refractivity contribution < 1.29 is 0 Å². The first kappa shape index (κ1) is 28.0. The molecule has 0 saturated carbocycles. The van der Waals surface area contributed by atoms with Crippen molar-refractivity contribution in [2.24, 2.45) is 0 Å². The average molecular weight is 649 g/mol. The van der Waals surface area contributed by atoms with Gasteiger partial charge in [-0.1, -0.05) is 152 Å². The third-order valence-electron chi connectivity index (χ3n) is 10.4. The molecule has 0 bridgehead atoms. The molecule has 0 saturated heterocycles. The molecule has 4 heteroatoms. The summed E-state index contributed by atoms with van der Waals surface area (Å²) in [5, 5.41) is 11.0. The molecule has 0 fully saturated rings. The number of fused-ring (bicyclic) bond motifs is 14. The van der Waals surface area contributed by atoms with Gasteiger partial charge in [-0.05, 0) is 67.0 Å². The van der Waals surface area contributed by atoms with E-state index in [2.05, 4.69) is 168 Å². The van der Waals surface area contributed by atoms with E-state index in [4.69, 9.17) is 15.0 Å². The molecule has 0 aliphatic carbocycles. The molecular formula is C47H28N4. The predicted molar refractivity (Wildman–Crippen MR) is 212 cm³/mol. The molecule has 11 aromatic rings. The minimum absolute atomic E-state index is 0.626. The first-order valence-corrected chi connectivity index (χ1v) is 17.3. The van der Waals surface area contributed by atoms with Gasteiger partial charge in [-0.15, -0.1) is 0 Å². The second-order valence-electron chi connectivity index (χ2n) is 13.2. The van der Waals surface area contributed by atoms with Gasteiger partial charge in [-0.2, -0.15) is 0 Å². The van der Waals surface area contributed by atoms with Crippen LogP contribution in [-0.4, -0.2) is 19.4 Å². The second-order valence-corrected chi connectivity index (χ2v) is 13.2. The van der Waals surface area contributed by atoms with Gasteiger partial charge in [0, 0.05) is 21.9 Å². The smallest absolute Gasteiger partial charge is 0.199 e. The Morgan fingerprint density at radius 3 is 1.53 bits per heavy atom. The van der Waals surface area contributed by atoms with Crippen LogP contribution in [0.5, 0.6) is 0 Å². The van der Waals surface area contributed by atoms with Crippen LogP contribution in [0.15, 0.2) is 170 Å². The molecule has 3 heterocycles. The van der Waals surface area contributed by atoms with Gasteiger partial charge in [0.25, 0.3) is 0 Å². The Bertz CT molecular complexity index is 3160. The molecule has 3 aromatic heterocycles. The lowest BCUT2D eigenvalue weighted by Crippen LogP contribution is -1.97. The molecule has 8 aromatic carbocycles. The zero-order valence-corrected chi connectivity index (χ0v) is 27.5. The molecule has 0 aliphatic rings. The van der Waals surface area contributed by atoms with Crippen LogP contribution >= 0.6 is 0 Å². The van der Waals surface area contributed by atoms with Gasteiger partial charge in [0.15, 0.2) is 11.3 Å². The van der Waals surface area contributed by atoms with Gasteiger partial charge in [0.1, 0.15) is 5.65 Å². The van der Waals surface area contributed by atoms with Crippen LogP contribution in [0, 0.1) is 0 Å². The Balaban J connectivity index is 1.16. The summed E-state index contributed by atoms with van der Waals surface area (Å²) in [6, 6.07) is 60.3. The Hall–Kier alpha value is -6.91. The quantitative estimate of drug-likeness (QED) is 0.179. The predicted octanol–water partition coefficient (Wildman–Crippen LogP) is 12.0. The first-order chi connectivity index (χ1) is 25.3. The molecule has 0 atom stereocenters. The van der Waals surface area contributed by atoms with Crippen molar-refractivity contribution in [3.05, 3.63) is 170 Å². The van der Waals surface area contributed by atoms with Crippen LogP contribution in [0.1, 0.15) is 0 Å². The number of rotatable bonds is 3. The number of nitrogens with zero attached hydrogens (tertiary/aromatic N) is 4. The number of aromatic nitrogens is 4. The zero-order chi connectivity index (χ0) is 33.5. The van der Waals surface area contributed by atoms with Crippen molar-refractivity contribution >= 4 is 70.9 Å². The van der Waals surface area contributed by atoms with E-state index in [0.29, 0.717) is 5.65 Å². The molecule has 0 amide bonds. The highest BCUT2D eigenvalue weighted by molar-refractivity contribution is 6.25. The summed E-state index contributed by atoms with van der Waals surface area (Å²) in [7, 11) is 0. The van der Waals surface area contributed by atoms with Crippen LogP contribution < -0.4 is 0 Å². The Morgan fingerprint density at radius 1 is 0.294 bits per heavy atom. The largest absolute Gasteiger partial charge is 0.275 e. The number of para-hydroxylation sites is 1. The standard InChI is InChI=1S/C47H28N4/c1-2-13-29(14-3-1)43-44(48-45-47(49-43)51-42-24-11-10-22-39(42)37-21-8-9-23-40(37)46(51)50-45)32-16-12-15-30(27-32)31-25-26-38-35-19-5-4-17-33(35)34-18-6-7-20-36(34)41(38)28-31/h1-28H. The van der Waals surface area contributed by atoms with Crippen molar-refractivity contribution in [1.29, 1.82) is 0 Å². The van der Waals surface area contributed by atoms with E-state index in [1.165, 1.54) is 37.7 Å². The number of benzene rings is 8. The molecule has 0 N–H and O–H groups in total. The minimum Gasteiger partial charge on any atom is -0.275 e. The van der Waals surface area contributed by atoms with Crippen molar-refractivity contribution in [3.63, 3.8) is 0 Å². The molecule has 0 unspecified atom stereocenters. The molecule has 0 spiro atoms. The maximum absolute atomic E-state index is 5.41. The SMILES string of the molecule is c1ccc(-c2nc3c(nc2-c2cccc(-c4ccc5c6ccccc6c6ccccc6c5c4)c2)nc2c4ccccc4c4ccccc4n32)cc1. The Morgan fingerprint density at radius 2 is 0.804 bits per heavy atom. The van der Waals surface area contributed by atoms with Gasteiger partial charge < -0.3 is 0 Å². The van der Waals surface area contributed by atoms with Crippen LogP contribution in [0.25, 0.3) is 105 Å². The fourth-order valence-electron chi connectivity index (χ4n) is 8.04. The summed E-state index contributed by atoms with van der Waals surface area (Å²) >= 11 is 0. The summed E-state index contributed by atoms with van der Waals surface area (Å²) in [5.41, 5.74) is 9.23. The molecule has 0 aliphatic heterocycles. The van der Waals surface area contributed by atoms with Crippen LogP contribution in [0.2, 0.25) is 0 Å². The lowest BCUT2D eigenvalue weighted by atomic mass is 9.91. The van der Waals surface area contributed by atoms with E-state index >= 15 is 0 Å². The summed E-state index contributed by atoms with van der Waals surface area (Å²) in [5.74, 6) is 0. The van der Waals surface area contributed by atoms with E-state index in [1.54, 1.807) is 0 Å². The molecule has 11 rings (SSSR count). The molecular weight excluding hydrogens is 621 g/mol. The van der Waals surface area contributed by atoms with Crippen molar-refractivity contribution in [1.82, 2.24) is 19.4 Å². The first-order valence-electron chi connectivity index (χ1n) is 17.3. The summed E-state index contributed by atoms with van der Waals surface area (Å²) in [6.07, 6.45) is 0. The van der Waals surface area contributed by atoms with Gasteiger partial charge >= 0.3 is 0 Å². The summed E-state index contributed by atoms with van der Waals surface area (Å²) in [4.78, 5) is 15.9. The molecule has 236 valence electrons. The third-order valence-corrected chi connectivity index (χ3v) is 10.4. The fraction of sp³-hybridized carbons (Fsp3) is 0. The van der Waals surface area contributed by atoms with Crippen molar-refractivity contribution in [3.8, 4) is 33.6 Å². The number of pyridine rings is 1. The maximum Gasteiger partial charge on any atom is 0.199 e. The maximum atomic E-state index is 5.41. The highest BCUT2D eigenvalue weighted by Gasteiger charge is 2.20. The Kier molecular flexibility index (Phi) is 5.92. The van der Waals surface area contributed by atoms with Crippen LogP contribution in [0.3, 0.4) is 0 Å². The molecule has 51 heavy (non-hydrogen) atoms. The third kappa shape index (κ3) is 4.17. The van der Waals surface area contributed by atoms with E-state index in [-0.39, 0.29) is 0 Å². The van der Waals surface area contributed by atoms with Gasteiger partial charge in [-0.25, -0.2) is 15.0 Å². The zero-order valence-electron chi connectivity index (χ0n) is 27.5. The van der Waals surface area contributed by atoms with Gasteiger partial charge in [-0.3, -0.25) is 4.40 Å². The van der Waals surface area contributed by atoms with Crippen LogP contribution in [0.4, 0.5) is 0 Å². The minimum atomic E-state index is 0.626. The van der Waals surface area contributed by atoms with E-state index in [1.807, 2.05) is 6.07 Å². The number of imidazole rings is 1. The van der Waals surface area contributed by atoms with Gasteiger partial charge in [0.05, 0.1) is 16.9 Å². The average Bonchev–Trinajstić information content (AvgIpc) is 3.60. The molecule has 0 radical (unpaired) electrons. The lowest BCUT2D eigenvalue weighted by molar-refractivity contribution is 1.22. The summed E-state index contributed by atoms with van der Waals surface area (Å²) in [6.45, 7) is 0. The van der Waals surface area contributed by atoms with E-state index in [0.717, 1.165) is 61.2 Å².